The van der Waals surface area contributed by atoms with Crippen LogP contribution in [0.5, 0.6) is 11.5 Å². The maximum absolute atomic E-state index is 12.3. The van der Waals surface area contributed by atoms with Crippen molar-refractivity contribution in [1.29, 1.82) is 0 Å². The Balaban J connectivity index is 1.62. The van der Waals surface area contributed by atoms with E-state index < -0.39 is 4.92 Å². The number of nitrogens with zero attached hydrogens (tertiary/aromatic N) is 1. The van der Waals surface area contributed by atoms with Crippen LogP contribution >= 0.6 is 15.9 Å². The van der Waals surface area contributed by atoms with Gasteiger partial charge < -0.3 is 20.1 Å². The van der Waals surface area contributed by atoms with Gasteiger partial charge >= 0.3 is 0 Å². The van der Waals surface area contributed by atoms with Gasteiger partial charge in [0.15, 0.2) is 18.1 Å². The Morgan fingerprint density at radius 1 is 1.09 bits per heavy atom. The van der Waals surface area contributed by atoms with Gasteiger partial charge in [-0.25, -0.2) is 0 Å². The second-order valence-corrected chi connectivity index (χ2v) is 7.83. The number of methoxy groups -OCH3 is 1. The molecule has 0 saturated carbocycles. The summed E-state index contributed by atoms with van der Waals surface area (Å²) in [5.41, 5.74) is 3.43. The van der Waals surface area contributed by atoms with Gasteiger partial charge in [-0.2, -0.15) is 0 Å². The molecule has 0 aliphatic rings. The SMILES string of the molecule is COc1cc(CNc2ccc([N+](=O)[O-])cc2)cc(Br)c1OCC(=O)Nc1cccc(C)c1. The number of ether oxygens (including phenoxy) is 2. The molecule has 0 aliphatic heterocycles. The summed E-state index contributed by atoms with van der Waals surface area (Å²) in [6.45, 7) is 2.23. The van der Waals surface area contributed by atoms with Crippen LogP contribution in [0.3, 0.4) is 0 Å². The molecule has 1 amide bonds. The summed E-state index contributed by atoms with van der Waals surface area (Å²) in [5.74, 6) is 0.614. The van der Waals surface area contributed by atoms with Crippen LogP contribution in [0.4, 0.5) is 17.1 Å². The number of carbonyl (C=O) groups is 1. The van der Waals surface area contributed by atoms with Crippen molar-refractivity contribution in [2.75, 3.05) is 24.4 Å². The highest BCUT2D eigenvalue weighted by Crippen LogP contribution is 2.37. The summed E-state index contributed by atoms with van der Waals surface area (Å²) in [6.07, 6.45) is 0. The number of amides is 1. The number of nitro groups is 1. The van der Waals surface area contributed by atoms with Crippen LogP contribution in [0.2, 0.25) is 0 Å². The highest BCUT2D eigenvalue weighted by atomic mass is 79.9. The lowest BCUT2D eigenvalue weighted by atomic mass is 10.2. The molecule has 0 spiro atoms. The minimum atomic E-state index is -0.439. The van der Waals surface area contributed by atoms with Gasteiger partial charge in [0.05, 0.1) is 16.5 Å². The molecule has 0 saturated heterocycles. The first-order valence-electron chi connectivity index (χ1n) is 9.70. The lowest BCUT2D eigenvalue weighted by molar-refractivity contribution is -0.384. The Hall–Kier alpha value is -3.59. The number of benzene rings is 3. The van der Waals surface area contributed by atoms with Crippen molar-refractivity contribution in [3.8, 4) is 11.5 Å². The smallest absolute Gasteiger partial charge is 0.269 e. The summed E-state index contributed by atoms with van der Waals surface area (Å²) < 4.78 is 11.8. The normalized spacial score (nSPS) is 10.3. The van der Waals surface area contributed by atoms with E-state index in [4.69, 9.17) is 9.47 Å². The van der Waals surface area contributed by atoms with E-state index in [9.17, 15) is 14.9 Å². The lowest BCUT2D eigenvalue weighted by Crippen LogP contribution is -2.20. The predicted molar refractivity (Wildman–Crippen MR) is 126 cm³/mol. The molecule has 3 aromatic carbocycles. The Kier molecular flexibility index (Phi) is 7.67. The van der Waals surface area contributed by atoms with Gasteiger partial charge in [-0.15, -0.1) is 0 Å². The number of nitrogens with one attached hydrogen (secondary N) is 2. The lowest BCUT2D eigenvalue weighted by Gasteiger charge is -2.15. The van der Waals surface area contributed by atoms with E-state index in [0.29, 0.717) is 28.2 Å². The fraction of sp³-hybridized carbons (Fsp3) is 0.174. The molecule has 3 aromatic rings. The molecule has 32 heavy (non-hydrogen) atoms. The molecule has 9 heteroatoms. The van der Waals surface area contributed by atoms with Gasteiger partial charge in [-0.3, -0.25) is 14.9 Å². The molecule has 166 valence electrons. The zero-order valence-corrected chi connectivity index (χ0v) is 19.1. The van der Waals surface area contributed by atoms with Gasteiger partial charge in [0.1, 0.15) is 0 Å². The molecule has 0 bridgehead atoms. The fourth-order valence-electron chi connectivity index (χ4n) is 2.98. The average Bonchev–Trinajstić information content (AvgIpc) is 2.76. The molecule has 0 fully saturated rings. The van der Waals surface area contributed by atoms with E-state index in [2.05, 4.69) is 26.6 Å². The largest absolute Gasteiger partial charge is 0.493 e. The van der Waals surface area contributed by atoms with Crippen molar-refractivity contribution in [2.24, 2.45) is 0 Å². The van der Waals surface area contributed by atoms with Crippen molar-refractivity contribution in [2.45, 2.75) is 13.5 Å². The zero-order chi connectivity index (χ0) is 23.1. The maximum Gasteiger partial charge on any atom is 0.269 e. The molecule has 3 rings (SSSR count). The second-order valence-electron chi connectivity index (χ2n) is 6.97. The van der Waals surface area contributed by atoms with E-state index >= 15 is 0 Å². The first kappa shape index (κ1) is 23.1. The molecule has 0 heterocycles. The predicted octanol–water partition coefficient (Wildman–Crippen LogP) is 5.30. The van der Waals surface area contributed by atoms with Crippen LogP contribution in [0, 0.1) is 17.0 Å². The van der Waals surface area contributed by atoms with E-state index in [0.717, 1.165) is 16.8 Å². The van der Waals surface area contributed by atoms with Crippen LogP contribution in [-0.2, 0) is 11.3 Å². The molecular formula is C23H22BrN3O5. The van der Waals surface area contributed by atoms with Crippen molar-refractivity contribution >= 4 is 38.9 Å². The van der Waals surface area contributed by atoms with Crippen molar-refractivity contribution in [3.63, 3.8) is 0 Å². The summed E-state index contributed by atoms with van der Waals surface area (Å²) in [6, 6.07) is 17.3. The van der Waals surface area contributed by atoms with Crippen molar-refractivity contribution in [1.82, 2.24) is 0 Å². The summed E-state index contributed by atoms with van der Waals surface area (Å²) in [7, 11) is 1.52. The molecular weight excluding hydrogens is 478 g/mol. The quantitative estimate of drug-likeness (QED) is 0.305. The molecule has 0 aromatic heterocycles. The molecule has 0 atom stereocenters. The Morgan fingerprint density at radius 2 is 1.84 bits per heavy atom. The highest BCUT2D eigenvalue weighted by Gasteiger charge is 2.14. The molecule has 8 nitrogen and oxygen atoms in total. The first-order chi connectivity index (χ1) is 15.4. The number of hydrogen-bond acceptors (Lipinski definition) is 6. The standard InChI is InChI=1S/C23H22BrN3O5/c1-15-4-3-5-18(10-15)26-22(28)14-32-23-20(24)11-16(12-21(23)31-2)13-25-17-6-8-19(9-7-17)27(29)30/h3-12,25H,13-14H2,1-2H3,(H,26,28). The van der Waals surface area contributed by atoms with Crippen molar-refractivity contribution in [3.05, 3.63) is 86.4 Å². The maximum atomic E-state index is 12.3. The molecule has 0 unspecified atom stereocenters. The third-order valence-corrected chi connectivity index (χ3v) is 5.10. The van der Waals surface area contributed by atoms with E-state index in [1.54, 1.807) is 18.2 Å². The van der Waals surface area contributed by atoms with Crippen molar-refractivity contribution < 1.29 is 19.2 Å². The molecule has 0 radical (unpaired) electrons. The van der Waals surface area contributed by atoms with Crippen LogP contribution in [-0.4, -0.2) is 24.5 Å². The van der Waals surface area contributed by atoms with Crippen LogP contribution < -0.4 is 20.1 Å². The number of anilines is 2. The number of halogens is 1. The Labute approximate surface area is 193 Å². The van der Waals surface area contributed by atoms with Gasteiger partial charge in [0.25, 0.3) is 11.6 Å². The number of rotatable bonds is 9. The summed E-state index contributed by atoms with van der Waals surface area (Å²) in [4.78, 5) is 22.6. The number of hydrogen-bond donors (Lipinski definition) is 2. The number of carbonyl (C=O) groups excluding carboxylic acids is 1. The minimum absolute atomic E-state index is 0.0351. The third-order valence-electron chi connectivity index (χ3n) is 4.51. The summed E-state index contributed by atoms with van der Waals surface area (Å²) in [5, 5.41) is 16.8. The number of non-ortho nitro benzene ring substituents is 1. The Morgan fingerprint density at radius 3 is 2.50 bits per heavy atom. The summed E-state index contributed by atoms with van der Waals surface area (Å²) >= 11 is 3.48. The van der Waals surface area contributed by atoms with Crippen LogP contribution in [0.1, 0.15) is 11.1 Å². The third kappa shape index (κ3) is 6.21. The highest BCUT2D eigenvalue weighted by molar-refractivity contribution is 9.10. The van der Waals surface area contributed by atoms with Crippen LogP contribution in [0.15, 0.2) is 65.1 Å². The minimum Gasteiger partial charge on any atom is -0.493 e. The number of aryl methyl sites for hydroxylation is 1. The average molecular weight is 500 g/mol. The van der Waals surface area contributed by atoms with Gasteiger partial charge in [0, 0.05) is 30.1 Å². The molecule has 0 aliphatic carbocycles. The monoisotopic (exact) mass is 499 g/mol. The van der Waals surface area contributed by atoms with Gasteiger partial charge in [-0.05, 0) is 70.4 Å². The zero-order valence-electron chi connectivity index (χ0n) is 17.6. The second kappa shape index (κ2) is 10.6. The topological polar surface area (TPSA) is 103 Å². The van der Waals surface area contributed by atoms with E-state index in [1.807, 2.05) is 37.3 Å². The van der Waals surface area contributed by atoms with E-state index in [-0.39, 0.29) is 18.2 Å². The van der Waals surface area contributed by atoms with Gasteiger partial charge in [0.2, 0.25) is 0 Å². The first-order valence-corrected chi connectivity index (χ1v) is 10.5. The molecule has 2 N–H and O–H groups in total. The van der Waals surface area contributed by atoms with Crippen LogP contribution in [0.25, 0.3) is 0 Å². The van der Waals surface area contributed by atoms with E-state index in [1.165, 1.54) is 19.2 Å². The number of nitro benzene ring substituents is 1. The fourth-order valence-corrected chi connectivity index (χ4v) is 3.58. The Bertz CT molecular complexity index is 1120. The van der Waals surface area contributed by atoms with Gasteiger partial charge in [-0.1, -0.05) is 12.1 Å².